The van der Waals surface area contributed by atoms with Crippen molar-refractivity contribution < 1.29 is 17.3 Å². The Balaban J connectivity index is 0. The van der Waals surface area contributed by atoms with Crippen molar-refractivity contribution in [1.82, 2.24) is 4.67 Å². The highest BCUT2D eigenvalue weighted by molar-refractivity contribution is 7.13. The molecule has 0 aromatic heterocycles. The molecular weight excluding hydrogens is 156 g/mol. The number of hydrogen-bond acceptors (Lipinski definition) is 1. The molecule has 0 aliphatic heterocycles. The van der Waals surface area contributed by atoms with Gasteiger partial charge in [0.25, 0.3) is 0 Å². The third kappa shape index (κ3) is 10200. The summed E-state index contributed by atoms with van der Waals surface area (Å²) in [6.45, 7) is 0. The summed E-state index contributed by atoms with van der Waals surface area (Å²) in [5.74, 6) is 0. The summed E-state index contributed by atoms with van der Waals surface area (Å²) >= 11 is 0. The molecular formula is C2H9BF4NP. The Morgan fingerprint density at radius 1 is 1.11 bits per heavy atom. The normalized spacial score (nSPS) is 11.0. The van der Waals surface area contributed by atoms with Crippen molar-refractivity contribution >= 4 is 16.6 Å². The van der Waals surface area contributed by atoms with Gasteiger partial charge in [0.15, 0.2) is 0 Å². The van der Waals surface area contributed by atoms with Crippen LogP contribution in [-0.2, 0) is 0 Å². The smallest absolute Gasteiger partial charge is 0.418 e. The first-order chi connectivity index (χ1) is 3.73. The predicted molar refractivity (Wildman–Crippen MR) is 35.0 cm³/mol. The highest BCUT2D eigenvalue weighted by Gasteiger charge is 2.20. The first-order valence-corrected chi connectivity index (χ1v) is 2.72. The van der Waals surface area contributed by atoms with Crippen LogP contribution in [0.15, 0.2) is 0 Å². The van der Waals surface area contributed by atoms with Crippen LogP contribution in [0.25, 0.3) is 0 Å². The lowest BCUT2D eigenvalue weighted by Crippen LogP contribution is -2.02. The number of rotatable bonds is 0. The van der Waals surface area contributed by atoms with E-state index in [2.05, 4.69) is 0 Å². The summed E-state index contributed by atoms with van der Waals surface area (Å²) in [5, 5.41) is 0. The summed E-state index contributed by atoms with van der Waals surface area (Å²) in [7, 11) is -0.139. The van der Waals surface area contributed by atoms with Crippen LogP contribution >= 0.6 is 9.39 Å². The van der Waals surface area contributed by atoms with Gasteiger partial charge in [-0.05, 0) is 0 Å². The summed E-state index contributed by atoms with van der Waals surface area (Å²) in [4.78, 5) is 0. The number of hydrogen-bond donors (Lipinski definition) is 0. The summed E-state index contributed by atoms with van der Waals surface area (Å²) < 4.78 is 41.0. The van der Waals surface area contributed by atoms with E-state index in [1.165, 1.54) is 0 Å². The minimum absolute atomic E-state index is 1.84. The molecule has 1 atom stereocenters. The molecule has 0 aliphatic rings. The summed E-state index contributed by atoms with van der Waals surface area (Å²) in [5.41, 5.74) is 0. The Labute approximate surface area is 53.8 Å². The Morgan fingerprint density at radius 2 is 1.11 bits per heavy atom. The second-order valence-corrected chi connectivity index (χ2v) is 2.84. The first-order valence-electron chi connectivity index (χ1n) is 2.08. The molecule has 0 radical (unpaired) electrons. The van der Waals surface area contributed by atoms with Crippen LogP contribution in [0.4, 0.5) is 17.3 Å². The minimum atomic E-state index is -6.00. The van der Waals surface area contributed by atoms with E-state index in [9.17, 15) is 17.3 Å². The molecule has 0 spiro atoms. The van der Waals surface area contributed by atoms with Crippen molar-refractivity contribution in [2.45, 2.75) is 0 Å². The predicted octanol–water partition coefficient (Wildman–Crippen LogP) is 1.37. The van der Waals surface area contributed by atoms with Gasteiger partial charge in [-0.3, -0.25) is 0 Å². The minimum Gasteiger partial charge on any atom is -0.418 e. The molecule has 9 heavy (non-hydrogen) atoms. The van der Waals surface area contributed by atoms with Crippen LogP contribution < -0.4 is 0 Å². The average molecular weight is 165 g/mol. The molecule has 0 heterocycles. The highest BCUT2D eigenvalue weighted by Crippen LogP contribution is 2.06. The second kappa shape index (κ2) is 5.00. The fraction of sp³-hybridized carbons (Fsp3) is 1.00. The Kier molecular flexibility index (Phi) is 6.62. The van der Waals surface area contributed by atoms with E-state index < -0.39 is 7.25 Å². The zero-order chi connectivity index (χ0) is 8.08. The standard InChI is InChI=1S/C2H8NP.BF4/c1-3(2)4;2-1(3,4)5/h4H2,1-2H3;/q;-1/p+1. The van der Waals surface area contributed by atoms with E-state index in [1.807, 2.05) is 28.2 Å². The molecule has 58 valence electrons. The molecule has 0 bridgehead atoms. The van der Waals surface area contributed by atoms with Gasteiger partial charge in [-0.15, -0.1) is 0 Å². The van der Waals surface area contributed by atoms with E-state index >= 15 is 0 Å². The maximum absolute atomic E-state index is 9.75. The third-order valence-electron chi connectivity index (χ3n) is 0. The van der Waals surface area contributed by atoms with Crippen LogP contribution in [0.5, 0.6) is 0 Å². The fourth-order valence-corrected chi connectivity index (χ4v) is 0. The molecule has 7 heteroatoms. The van der Waals surface area contributed by atoms with Crippen molar-refractivity contribution in [3.63, 3.8) is 0 Å². The molecule has 0 rings (SSSR count). The van der Waals surface area contributed by atoms with Crippen molar-refractivity contribution in [3.8, 4) is 0 Å². The molecule has 0 fully saturated rings. The number of halogens is 4. The lowest BCUT2D eigenvalue weighted by molar-refractivity contribution is 0.368. The van der Waals surface area contributed by atoms with Gasteiger partial charge in [0.2, 0.25) is 0 Å². The van der Waals surface area contributed by atoms with Crippen molar-refractivity contribution in [1.29, 1.82) is 0 Å². The van der Waals surface area contributed by atoms with Crippen molar-refractivity contribution in [2.24, 2.45) is 0 Å². The summed E-state index contributed by atoms with van der Waals surface area (Å²) in [6, 6.07) is 0. The Hall–Kier alpha value is 0.175. The first kappa shape index (κ1) is 11.9. The van der Waals surface area contributed by atoms with Crippen molar-refractivity contribution in [2.75, 3.05) is 14.1 Å². The maximum atomic E-state index is 9.75. The molecule has 0 saturated heterocycles. The van der Waals surface area contributed by atoms with Gasteiger partial charge < -0.3 is 17.3 Å². The Morgan fingerprint density at radius 3 is 1.11 bits per heavy atom. The third-order valence-corrected chi connectivity index (χ3v) is 0. The zero-order valence-electron chi connectivity index (χ0n) is 5.24. The van der Waals surface area contributed by atoms with Gasteiger partial charge in [-0.1, -0.05) is 0 Å². The van der Waals surface area contributed by atoms with E-state index in [4.69, 9.17) is 0 Å². The lowest BCUT2D eigenvalue weighted by atomic mass is 10.3. The highest BCUT2D eigenvalue weighted by atomic mass is 31.0. The molecule has 1 unspecified atom stereocenters. The van der Waals surface area contributed by atoms with Crippen LogP contribution in [-0.4, -0.2) is 26.0 Å². The van der Waals surface area contributed by atoms with Gasteiger partial charge in [0.05, 0.1) is 0 Å². The van der Waals surface area contributed by atoms with E-state index in [0.717, 1.165) is 0 Å². The van der Waals surface area contributed by atoms with E-state index in [-0.39, 0.29) is 0 Å². The molecule has 0 aliphatic carbocycles. The molecule has 0 aromatic rings. The van der Waals surface area contributed by atoms with Gasteiger partial charge in [0, 0.05) is 23.5 Å². The second-order valence-electron chi connectivity index (χ2n) is 1.57. The zero-order valence-corrected chi connectivity index (χ0v) is 6.66. The monoisotopic (exact) mass is 165 g/mol. The van der Waals surface area contributed by atoms with Gasteiger partial charge >= 0.3 is 7.25 Å². The maximum Gasteiger partial charge on any atom is 0.673 e. The van der Waals surface area contributed by atoms with E-state index in [0.29, 0.717) is 0 Å². The quantitative estimate of drug-likeness (QED) is 0.297. The fourth-order valence-electron chi connectivity index (χ4n) is 0. The average Bonchev–Trinajstić information content (AvgIpc) is 1.19. The van der Waals surface area contributed by atoms with Crippen LogP contribution in [0.2, 0.25) is 0 Å². The van der Waals surface area contributed by atoms with Crippen molar-refractivity contribution in [3.05, 3.63) is 0 Å². The topological polar surface area (TPSA) is 3.24 Å². The lowest BCUT2D eigenvalue weighted by Gasteiger charge is -1.94. The van der Waals surface area contributed by atoms with Crippen LogP contribution in [0, 0.1) is 0 Å². The molecule has 0 N–H and O–H groups in total. The largest absolute Gasteiger partial charge is 0.673 e. The molecule has 1 nitrogen and oxygen atoms in total. The van der Waals surface area contributed by atoms with Gasteiger partial charge in [0.1, 0.15) is 0 Å². The SMILES string of the molecule is CN(C)[PH3+].F[B-](F)(F)F. The number of nitrogens with zero attached hydrogens (tertiary/aromatic N) is 1. The van der Waals surface area contributed by atoms with Gasteiger partial charge in [-0.25, -0.2) is 0 Å². The van der Waals surface area contributed by atoms with Crippen LogP contribution in [0.1, 0.15) is 0 Å². The Bertz CT molecular complexity index is 55.3. The van der Waals surface area contributed by atoms with Gasteiger partial charge in [-0.2, -0.15) is 4.67 Å². The summed E-state index contributed by atoms with van der Waals surface area (Å²) in [6.07, 6.45) is 0. The molecule has 0 saturated carbocycles. The van der Waals surface area contributed by atoms with E-state index in [1.54, 1.807) is 0 Å². The molecule has 0 amide bonds. The van der Waals surface area contributed by atoms with Crippen LogP contribution in [0.3, 0.4) is 0 Å². The molecule has 0 aromatic carbocycles.